The highest BCUT2D eigenvalue weighted by Gasteiger charge is 2.52. The maximum absolute atomic E-state index is 6.44. The molecule has 0 aliphatic carbocycles. The van der Waals surface area contributed by atoms with Gasteiger partial charge in [-0.2, -0.15) is 0 Å². The van der Waals surface area contributed by atoms with Gasteiger partial charge in [-0.15, -0.1) is 0 Å². The van der Waals surface area contributed by atoms with Crippen molar-refractivity contribution in [3.8, 4) is 0 Å². The summed E-state index contributed by atoms with van der Waals surface area (Å²) in [4.78, 5) is 0. The summed E-state index contributed by atoms with van der Waals surface area (Å²) >= 11 is 0. The zero-order valence-corrected chi connectivity index (χ0v) is 17.9. The fourth-order valence-electron chi connectivity index (χ4n) is 4.20. The van der Waals surface area contributed by atoms with E-state index in [0.717, 1.165) is 16.7 Å². The standard InChI is InChI=1S/C27H28O5/c1-4-10-20(11-5-1)16-28-24-23-19-31-27(32-23)26(30-18-22-14-8-3-9-15-22)25(24)29-17-21-12-6-2-7-13-21/h1-15,23-27H,16-19H2/t23-,24+,25-,26-,27-/m1/s1. The first-order valence-electron chi connectivity index (χ1n) is 11.1. The zero-order chi connectivity index (χ0) is 21.6. The Morgan fingerprint density at radius 1 is 0.562 bits per heavy atom. The van der Waals surface area contributed by atoms with Gasteiger partial charge in [0.1, 0.15) is 24.4 Å². The third kappa shape index (κ3) is 5.09. The topological polar surface area (TPSA) is 46.2 Å². The van der Waals surface area contributed by atoms with Crippen LogP contribution in [0.4, 0.5) is 0 Å². The van der Waals surface area contributed by atoms with Crippen LogP contribution >= 0.6 is 0 Å². The van der Waals surface area contributed by atoms with E-state index in [9.17, 15) is 0 Å². The lowest BCUT2D eigenvalue weighted by Gasteiger charge is -2.40. The van der Waals surface area contributed by atoms with E-state index in [1.54, 1.807) is 0 Å². The fraction of sp³-hybridized carbons (Fsp3) is 0.333. The van der Waals surface area contributed by atoms with E-state index in [2.05, 4.69) is 24.3 Å². The molecule has 5 atom stereocenters. The number of hydrogen-bond acceptors (Lipinski definition) is 5. The molecule has 0 amide bonds. The van der Waals surface area contributed by atoms with Crippen LogP contribution in [0.1, 0.15) is 16.7 Å². The highest BCUT2D eigenvalue weighted by Crippen LogP contribution is 2.35. The Morgan fingerprint density at radius 2 is 1.00 bits per heavy atom. The minimum atomic E-state index is -0.457. The lowest BCUT2D eigenvalue weighted by atomic mass is 10.00. The minimum Gasteiger partial charge on any atom is -0.368 e. The average molecular weight is 433 g/mol. The monoisotopic (exact) mass is 432 g/mol. The van der Waals surface area contributed by atoms with Gasteiger partial charge in [-0.1, -0.05) is 91.0 Å². The van der Waals surface area contributed by atoms with Gasteiger partial charge in [0.05, 0.1) is 26.4 Å². The molecule has 3 aromatic rings. The molecule has 0 unspecified atom stereocenters. The molecule has 5 rings (SSSR count). The van der Waals surface area contributed by atoms with Crippen LogP contribution in [-0.2, 0) is 43.5 Å². The summed E-state index contributed by atoms with van der Waals surface area (Å²) < 4.78 is 31.2. The van der Waals surface area contributed by atoms with Crippen LogP contribution in [0.25, 0.3) is 0 Å². The Hall–Kier alpha value is -2.54. The Bertz CT molecular complexity index is 892. The van der Waals surface area contributed by atoms with Gasteiger partial charge in [0, 0.05) is 0 Å². The predicted octanol–water partition coefficient (Wildman–Crippen LogP) is 4.50. The highest BCUT2D eigenvalue weighted by atomic mass is 16.8. The molecule has 2 aliphatic rings. The van der Waals surface area contributed by atoms with Crippen molar-refractivity contribution in [2.24, 2.45) is 0 Å². The van der Waals surface area contributed by atoms with Gasteiger partial charge >= 0.3 is 0 Å². The molecule has 166 valence electrons. The van der Waals surface area contributed by atoms with E-state index in [1.807, 2.05) is 66.7 Å². The van der Waals surface area contributed by atoms with E-state index in [4.69, 9.17) is 23.7 Å². The summed E-state index contributed by atoms with van der Waals surface area (Å²) in [5.74, 6) is 0. The molecule has 0 N–H and O–H groups in total. The molecule has 5 heteroatoms. The molecule has 3 aromatic carbocycles. The fourth-order valence-corrected chi connectivity index (χ4v) is 4.20. The third-order valence-corrected chi connectivity index (χ3v) is 5.87. The summed E-state index contributed by atoms with van der Waals surface area (Å²) in [6.07, 6.45) is -1.63. The first-order chi connectivity index (χ1) is 15.9. The van der Waals surface area contributed by atoms with Crippen LogP contribution in [0.15, 0.2) is 91.0 Å². The second-order valence-corrected chi connectivity index (χ2v) is 8.16. The number of ether oxygens (including phenoxy) is 5. The lowest BCUT2D eigenvalue weighted by Crippen LogP contribution is -2.56. The number of fused-ring (bicyclic) bond motifs is 2. The largest absolute Gasteiger partial charge is 0.368 e. The molecule has 0 spiro atoms. The molecular weight excluding hydrogens is 404 g/mol. The van der Waals surface area contributed by atoms with Gasteiger partial charge in [-0.3, -0.25) is 0 Å². The van der Waals surface area contributed by atoms with E-state index in [1.165, 1.54) is 0 Å². The number of benzene rings is 3. The lowest BCUT2D eigenvalue weighted by molar-refractivity contribution is -0.268. The molecule has 2 heterocycles. The van der Waals surface area contributed by atoms with Crippen molar-refractivity contribution >= 4 is 0 Å². The Morgan fingerprint density at radius 3 is 1.50 bits per heavy atom. The molecule has 2 saturated heterocycles. The molecule has 2 fully saturated rings. The summed E-state index contributed by atoms with van der Waals surface area (Å²) in [7, 11) is 0. The van der Waals surface area contributed by atoms with E-state index in [0.29, 0.717) is 26.4 Å². The molecule has 0 aromatic heterocycles. The maximum Gasteiger partial charge on any atom is 0.187 e. The van der Waals surface area contributed by atoms with Crippen molar-refractivity contribution in [1.82, 2.24) is 0 Å². The van der Waals surface area contributed by atoms with Crippen molar-refractivity contribution in [3.05, 3.63) is 108 Å². The Balaban J connectivity index is 1.33. The smallest absolute Gasteiger partial charge is 0.187 e. The van der Waals surface area contributed by atoms with Crippen molar-refractivity contribution in [1.29, 1.82) is 0 Å². The second-order valence-electron chi connectivity index (χ2n) is 8.16. The summed E-state index contributed by atoms with van der Waals surface area (Å²) in [5.41, 5.74) is 3.31. The molecule has 2 aliphatic heterocycles. The van der Waals surface area contributed by atoms with Crippen LogP contribution in [-0.4, -0.2) is 37.3 Å². The Labute approximate surface area is 188 Å². The van der Waals surface area contributed by atoms with Crippen molar-refractivity contribution in [3.63, 3.8) is 0 Å². The van der Waals surface area contributed by atoms with Gasteiger partial charge in [-0.05, 0) is 16.7 Å². The van der Waals surface area contributed by atoms with E-state index >= 15 is 0 Å². The second kappa shape index (κ2) is 10.4. The first-order valence-corrected chi connectivity index (χ1v) is 11.1. The number of rotatable bonds is 9. The molecule has 0 saturated carbocycles. The van der Waals surface area contributed by atoms with E-state index < -0.39 is 12.4 Å². The summed E-state index contributed by atoms with van der Waals surface area (Å²) in [6, 6.07) is 30.4. The van der Waals surface area contributed by atoms with Gasteiger partial charge < -0.3 is 23.7 Å². The molecule has 32 heavy (non-hydrogen) atoms. The van der Waals surface area contributed by atoms with Crippen molar-refractivity contribution in [2.75, 3.05) is 6.61 Å². The van der Waals surface area contributed by atoms with Crippen LogP contribution < -0.4 is 0 Å². The number of hydrogen-bond donors (Lipinski definition) is 0. The van der Waals surface area contributed by atoms with Gasteiger partial charge in [-0.25, -0.2) is 0 Å². The minimum absolute atomic E-state index is 0.180. The van der Waals surface area contributed by atoms with E-state index in [-0.39, 0.29) is 18.3 Å². The van der Waals surface area contributed by atoms with Gasteiger partial charge in [0.2, 0.25) is 0 Å². The molecule has 0 radical (unpaired) electrons. The van der Waals surface area contributed by atoms with Gasteiger partial charge in [0.15, 0.2) is 6.29 Å². The normalized spacial score (nSPS) is 26.8. The highest BCUT2D eigenvalue weighted by molar-refractivity contribution is 5.15. The molecule has 5 nitrogen and oxygen atoms in total. The average Bonchev–Trinajstić information content (AvgIpc) is 3.29. The van der Waals surface area contributed by atoms with Gasteiger partial charge in [0.25, 0.3) is 0 Å². The van der Waals surface area contributed by atoms with Crippen LogP contribution in [0, 0.1) is 0 Å². The summed E-state index contributed by atoms with van der Waals surface area (Å²) in [6.45, 7) is 1.88. The first kappa shape index (κ1) is 21.3. The quantitative estimate of drug-likeness (QED) is 0.498. The maximum atomic E-state index is 6.44. The predicted molar refractivity (Wildman–Crippen MR) is 120 cm³/mol. The zero-order valence-electron chi connectivity index (χ0n) is 17.9. The van der Waals surface area contributed by atoms with Crippen LogP contribution in [0.5, 0.6) is 0 Å². The molecule has 2 bridgehead atoms. The molecular formula is C27H28O5. The van der Waals surface area contributed by atoms with Crippen LogP contribution in [0.2, 0.25) is 0 Å². The van der Waals surface area contributed by atoms with Crippen molar-refractivity contribution in [2.45, 2.75) is 50.5 Å². The Kier molecular flexibility index (Phi) is 6.92. The SMILES string of the molecule is c1ccc(CO[C@@H]2[C@@H](OCc3ccccc3)[C@H]3CO[C@H](O3)[C@@H]2OCc2ccccc2)cc1. The third-order valence-electron chi connectivity index (χ3n) is 5.87. The van der Waals surface area contributed by atoms with Crippen LogP contribution in [0.3, 0.4) is 0 Å². The van der Waals surface area contributed by atoms with Crippen molar-refractivity contribution < 1.29 is 23.7 Å². The summed E-state index contributed by atoms with van der Waals surface area (Å²) in [5, 5.41) is 0.